The van der Waals surface area contributed by atoms with E-state index in [-0.39, 0.29) is 5.91 Å². The van der Waals surface area contributed by atoms with Gasteiger partial charge in [-0.05, 0) is 6.92 Å². The number of aliphatic hydroxyl groups excluding tert-OH is 1. The van der Waals surface area contributed by atoms with Crippen molar-refractivity contribution in [1.29, 1.82) is 0 Å². The third-order valence-electron chi connectivity index (χ3n) is 4.20. The van der Waals surface area contributed by atoms with Crippen molar-refractivity contribution < 1.29 is 29.3 Å². The molecule has 7 nitrogen and oxygen atoms in total. The average Bonchev–Trinajstić information content (AvgIpc) is 2.71. The summed E-state index contributed by atoms with van der Waals surface area (Å²) in [5.74, 6) is -2.01. The maximum Gasteiger partial charge on any atom is 0.303 e. The smallest absolute Gasteiger partial charge is 0.303 e. The molecule has 1 saturated carbocycles. The van der Waals surface area contributed by atoms with Crippen LogP contribution in [0.2, 0.25) is 0 Å². The second-order valence-corrected chi connectivity index (χ2v) is 5.41. The van der Waals surface area contributed by atoms with E-state index in [2.05, 4.69) is 5.32 Å². The SMILES string of the molecule is CC(=O)O[C@H]1[C@H]2NC(=O)C3=COC(O)[C@@H]([C@@H]32)[C@@]1(C)O. The zero-order valence-corrected chi connectivity index (χ0v) is 10.5. The summed E-state index contributed by atoms with van der Waals surface area (Å²) in [5, 5.41) is 23.2. The van der Waals surface area contributed by atoms with Crippen molar-refractivity contribution in [3.05, 3.63) is 11.8 Å². The highest BCUT2D eigenvalue weighted by Crippen LogP contribution is 2.51. The van der Waals surface area contributed by atoms with E-state index < -0.39 is 41.8 Å². The van der Waals surface area contributed by atoms with Gasteiger partial charge in [-0.25, -0.2) is 0 Å². The fraction of sp³-hybridized carbons (Fsp3) is 0.667. The molecule has 1 saturated heterocycles. The van der Waals surface area contributed by atoms with Gasteiger partial charge in [-0.15, -0.1) is 0 Å². The Bertz CT molecular complexity index is 485. The number of rotatable bonds is 1. The van der Waals surface area contributed by atoms with Gasteiger partial charge in [0.05, 0.1) is 23.8 Å². The first-order chi connectivity index (χ1) is 8.84. The Hall–Kier alpha value is -1.60. The summed E-state index contributed by atoms with van der Waals surface area (Å²) in [6.45, 7) is 2.71. The quantitative estimate of drug-likeness (QED) is 0.508. The molecule has 0 aromatic carbocycles. The normalized spacial score (nSPS) is 47.1. The van der Waals surface area contributed by atoms with Crippen LogP contribution in [0.4, 0.5) is 0 Å². The lowest BCUT2D eigenvalue weighted by Gasteiger charge is -2.36. The zero-order valence-electron chi connectivity index (χ0n) is 10.5. The molecule has 1 aliphatic carbocycles. The highest BCUT2D eigenvalue weighted by Gasteiger charge is 2.67. The lowest BCUT2D eigenvalue weighted by atomic mass is 9.81. The van der Waals surface area contributed by atoms with Crippen LogP contribution in [0.3, 0.4) is 0 Å². The van der Waals surface area contributed by atoms with E-state index in [4.69, 9.17) is 9.47 Å². The Morgan fingerprint density at radius 1 is 1.58 bits per heavy atom. The lowest BCUT2D eigenvalue weighted by Crippen LogP contribution is -2.52. The second kappa shape index (κ2) is 3.71. The highest BCUT2D eigenvalue weighted by molar-refractivity contribution is 5.97. The molecule has 19 heavy (non-hydrogen) atoms. The summed E-state index contributed by atoms with van der Waals surface area (Å²) in [6, 6.07) is -0.541. The van der Waals surface area contributed by atoms with Crippen LogP contribution >= 0.6 is 0 Å². The van der Waals surface area contributed by atoms with Gasteiger partial charge in [-0.1, -0.05) is 0 Å². The number of hydrogen-bond donors (Lipinski definition) is 3. The van der Waals surface area contributed by atoms with E-state index in [9.17, 15) is 19.8 Å². The van der Waals surface area contributed by atoms with E-state index in [1.807, 2.05) is 0 Å². The van der Waals surface area contributed by atoms with Crippen LogP contribution in [0.15, 0.2) is 11.8 Å². The first kappa shape index (κ1) is 12.4. The fourth-order valence-corrected chi connectivity index (χ4v) is 3.46. The lowest BCUT2D eigenvalue weighted by molar-refractivity contribution is -0.190. The average molecular weight is 269 g/mol. The minimum Gasteiger partial charge on any atom is -0.472 e. The van der Waals surface area contributed by atoms with Gasteiger partial charge in [0.15, 0.2) is 6.10 Å². The topological polar surface area (TPSA) is 105 Å². The molecule has 1 amide bonds. The summed E-state index contributed by atoms with van der Waals surface area (Å²) >= 11 is 0. The summed E-state index contributed by atoms with van der Waals surface area (Å²) in [7, 11) is 0. The van der Waals surface area contributed by atoms with Crippen molar-refractivity contribution in [2.45, 2.75) is 37.9 Å². The fourth-order valence-electron chi connectivity index (χ4n) is 3.46. The Kier molecular flexibility index (Phi) is 2.42. The van der Waals surface area contributed by atoms with E-state index >= 15 is 0 Å². The largest absolute Gasteiger partial charge is 0.472 e. The standard InChI is InChI=1S/C12H15NO6/c1-4(14)19-9-8-6-5(10(15)13-8)3-18-11(16)7(6)12(9,2)17/h3,6-9,11,16-17H,1-2H3,(H,13,15)/t6-,7-,8+,9+,11?,12-/m1/s1. The van der Waals surface area contributed by atoms with Crippen LogP contribution < -0.4 is 5.32 Å². The minimum absolute atomic E-state index is 0.320. The number of nitrogens with one attached hydrogen (secondary N) is 1. The summed E-state index contributed by atoms with van der Waals surface area (Å²) in [5.41, 5.74) is -1.11. The third-order valence-corrected chi connectivity index (χ3v) is 4.20. The Morgan fingerprint density at radius 3 is 2.89 bits per heavy atom. The van der Waals surface area contributed by atoms with Crippen molar-refractivity contribution in [1.82, 2.24) is 5.32 Å². The maximum atomic E-state index is 11.8. The number of esters is 1. The molecule has 2 heterocycles. The Morgan fingerprint density at radius 2 is 2.26 bits per heavy atom. The van der Waals surface area contributed by atoms with Crippen molar-refractivity contribution in [2.75, 3.05) is 0 Å². The second-order valence-electron chi connectivity index (χ2n) is 5.41. The van der Waals surface area contributed by atoms with Gasteiger partial charge >= 0.3 is 5.97 Å². The summed E-state index contributed by atoms with van der Waals surface area (Å²) in [4.78, 5) is 23.0. The highest BCUT2D eigenvalue weighted by atomic mass is 16.6. The summed E-state index contributed by atoms with van der Waals surface area (Å²) in [6.07, 6.45) is -0.932. The molecule has 104 valence electrons. The van der Waals surface area contributed by atoms with Gasteiger partial charge < -0.3 is 25.0 Å². The van der Waals surface area contributed by atoms with Gasteiger partial charge in [0, 0.05) is 12.8 Å². The molecule has 3 N–H and O–H groups in total. The van der Waals surface area contributed by atoms with Crippen molar-refractivity contribution in [3.63, 3.8) is 0 Å². The maximum absolute atomic E-state index is 11.8. The predicted octanol–water partition coefficient (Wildman–Crippen LogP) is -1.35. The Labute approximate surface area is 109 Å². The molecule has 0 radical (unpaired) electrons. The number of carbonyl (C=O) groups is 2. The molecule has 2 fully saturated rings. The Balaban J connectivity index is 2.05. The van der Waals surface area contributed by atoms with Gasteiger partial charge in [0.1, 0.15) is 5.60 Å². The first-order valence-electron chi connectivity index (χ1n) is 6.08. The molecule has 2 aliphatic heterocycles. The van der Waals surface area contributed by atoms with E-state index in [1.165, 1.54) is 20.1 Å². The van der Waals surface area contributed by atoms with Crippen LogP contribution in [0, 0.1) is 11.8 Å². The van der Waals surface area contributed by atoms with E-state index in [1.54, 1.807) is 0 Å². The molecule has 0 aromatic heterocycles. The number of ether oxygens (including phenoxy) is 2. The van der Waals surface area contributed by atoms with Crippen LogP contribution in [0.1, 0.15) is 13.8 Å². The third kappa shape index (κ3) is 1.51. The number of amides is 1. The van der Waals surface area contributed by atoms with Crippen molar-refractivity contribution >= 4 is 11.9 Å². The molecule has 0 bridgehead atoms. The monoisotopic (exact) mass is 269 g/mol. The van der Waals surface area contributed by atoms with Crippen LogP contribution in [0.25, 0.3) is 0 Å². The van der Waals surface area contributed by atoms with Gasteiger partial charge in [0.2, 0.25) is 6.29 Å². The summed E-state index contributed by atoms with van der Waals surface area (Å²) < 4.78 is 10.2. The molecule has 7 heteroatoms. The van der Waals surface area contributed by atoms with Crippen molar-refractivity contribution in [3.8, 4) is 0 Å². The minimum atomic E-state index is -1.48. The van der Waals surface area contributed by atoms with Gasteiger partial charge in [-0.3, -0.25) is 9.59 Å². The molecular weight excluding hydrogens is 254 g/mol. The van der Waals surface area contributed by atoms with Crippen LogP contribution in [0.5, 0.6) is 0 Å². The van der Waals surface area contributed by atoms with Gasteiger partial charge in [0.25, 0.3) is 5.91 Å². The number of hydrogen-bond acceptors (Lipinski definition) is 6. The van der Waals surface area contributed by atoms with Crippen molar-refractivity contribution in [2.24, 2.45) is 11.8 Å². The number of carbonyl (C=O) groups excluding carboxylic acids is 2. The predicted molar refractivity (Wildman–Crippen MR) is 60.3 cm³/mol. The van der Waals surface area contributed by atoms with Crippen LogP contribution in [-0.4, -0.2) is 46.1 Å². The first-order valence-corrected chi connectivity index (χ1v) is 6.08. The van der Waals surface area contributed by atoms with E-state index in [0.717, 1.165) is 0 Å². The number of aliphatic hydroxyl groups is 2. The zero-order chi connectivity index (χ0) is 13.9. The molecule has 3 aliphatic rings. The molecular formula is C12H15NO6. The molecule has 0 spiro atoms. The van der Waals surface area contributed by atoms with Crippen LogP contribution in [-0.2, 0) is 19.1 Å². The van der Waals surface area contributed by atoms with Gasteiger partial charge in [-0.2, -0.15) is 0 Å². The molecule has 6 atom stereocenters. The molecule has 0 aromatic rings. The van der Waals surface area contributed by atoms with E-state index in [0.29, 0.717) is 5.57 Å². The molecule has 3 rings (SSSR count). The molecule has 1 unspecified atom stereocenters.